The Morgan fingerprint density at radius 3 is 3.00 bits per heavy atom. The summed E-state index contributed by atoms with van der Waals surface area (Å²) in [7, 11) is 0. The van der Waals surface area contributed by atoms with Crippen molar-refractivity contribution < 1.29 is 0 Å². The third kappa shape index (κ3) is 2.39. The number of halogens is 1. The molecule has 1 aromatic carbocycles. The molecular formula is C12H13ClN6S. The van der Waals surface area contributed by atoms with Crippen molar-refractivity contribution in [2.75, 3.05) is 0 Å². The highest BCUT2D eigenvalue weighted by molar-refractivity contribution is 7.00. The third-order valence-electron chi connectivity index (χ3n) is 2.88. The van der Waals surface area contributed by atoms with Crippen LogP contribution >= 0.6 is 23.3 Å². The van der Waals surface area contributed by atoms with Gasteiger partial charge in [0.1, 0.15) is 16.7 Å². The van der Waals surface area contributed by atoms with E-state index >= 15 is 0 Å². The molecule has 0 spiro atoms. The minimum absolute atomic E-state index is 0.380. The molecule has 0 atom stereocenters. The summed E-state index contributed by atoms with van der Waals surface area (Å²) >= 11 is 7.48. The number of hydrogen-bond donors (Lipinski definition) is 1. The quantitative estimate of drug-likeness (QED) is 0.801. The molecule has 0 amide bonds. The summed E-state index contributed by atoms with van der Waals surface area (Å²) < 4.78 is 10.3. The molecule has 0 radical (unpaired) electrons. The average molecular weight is 309 g/mol. The fourth-order valence-electron chi connectivity index (χ4n) is 1.89. The SMILES string of the molecule is CC(C)NCc1cnnn1-c1c(Cl)ccc2nsnc12. The van der Waals surface area contributed by atoms with Crippen molar-refractivity contribution in [2.24, 2.45) is 0 Å². The van der Waals surface area contributed by atoms with E-state index in [9.17, 15) is 0 Å². The Balaban J connectivity index is 2.09. The summed E-state index contributed by atoms with van der Waals surface area (Å²) in [6.45, 7) is 4.84. The third-order valence-corrected chi connectivity index (χ3v) is 3.72. The van der Waals surface area contributed by atoms with Gasteiger partial charge in [0.2, 0.25) is 0 Å². The molecule has 0 saturated heterocycles. The number of benzene rings is 1. The maximum Gasteiger partial charge on any atom is 0.132 e. The van der Waals surface area contributed by atoms with Crippen LogP contribution in [0, 0.1) is 0 Å². The Morgan fingerprint density at radius 2 is 2.20 bits per heavy atom. The maximum absolute atomic E-state index is 6.31. The summed E-state index contributed by atoms with van der Waals surface area (Å²) in [4.78, 5) is 0. The van der Waals surface area contributed by atoms with Crippen LogP contribution in [0.2, 0.25) is 5.02 Å². The fourth-order valence-corrected chi connectivity index (χ4v) is 2.66. The van der Waals surface area contributed by atoms with Crippen molar-refractivity contribution >= 4 is 34.4 Å². The molecule has 0 fully saturated rings. The lowest BCUT2D eigenvalue weighted by atomic mass is 10.2. The monoisotopic (exact) mass is 308 g/mol. The molecule has 0 aliphatic rings. The van der Waals surface area contributed by atoms with E-state index in [4.69, 9.17) is 11.6 Å². The molecule has 0 saturated carbocycles. The van der Waals surface area contributed by atoms with Crippen molar-refractivity contribution in [2.45, 2.75) is 26.4 Å². The normalized spacial score (nSPS) is 11.6. The van der Waals surface area contributed by atoms with Crippen LogP contribution in [0.25, 0.3) is 16.7 Å². The Labute approximate surface area is 125 Å². The van der Waals surface area contributed by atoms with Crippen LogP contribution in [0.1, 0.15) is 19.5 Å². The van der Waals surface area contributed by atoms with Crippen molar-refractivity contribution in [3.63, 3.8) is 0 Å². The first-order valence-electron chi connectivity index (χ1n) is 6.21. The lowest BCUT2D eigenvalue weighted by molar-refractivity contribution is 0.570. The Morgan fingerprint density at radius 1 is 1.35 bits per heavy atom. The van der Waals surface area contributed by atoms with Gasteiger partial charge in [-0.05, 0) is 12.1 Å². The van der Waals surface area contributed by atoms with E-state index in [0.29, 0.717) is 17.6 Å². The highest BCUT2D eigenvalue weighted by Gasteiger charge is 2.16. The van der Waals surface area contributed by atoms with Gasteiger partial charge in [-0.15, -0.1) is 5.10 Å². The van der Waals surface area contributed by atoms with E-state index in [0.717, 1.165) is 34.1 Å². The predicted octanol–water partition coefficient (Wildman–Crippen LogP) is 2.42. The van der Waals surface area contributed by atoms with Gasteiger partial charge in [-0.2, -0.15) is 8.75 Å². The second-order valence-electron chi connectivity index (χ2n) is 4.70. The standard InChI is InChI=1S/C12H13ClN6S/c1-7(2)14-5-8-6-15-18-19(8)12-9(13)3-4-10-11(12)17-20-16-10/h3-4,6-7,14H,5H2,1-2H3. The largest absolute Gasteiger partial charge is 0.309 e. The van der Waals surface area contributed by atoms with E-state index < -0.39 is 0 Å². The van der Waals surface area contributed by atoms with Gasteiger partial charge in [0, 0.05) is 12.6 Å². The average Bonchev–Trinajstić information content (AvgIpc) is 3.04. The van der Waals surface area contributed by atoms with Crippen LogP contribution in [-0.2, 0) is 6.54 Å². The molecule has 0 aliphatic carbocycles. The molecule has 2 heterocycles. The Kier molecular flexibility index (Phi) is 3.64. The topological polar surface area (TPSA) is 68.5 Å². The molecule has 104 valence electrons. The highest BCUT2D eigenvalue weighted by atomic mass is 35.5. The minimum atomic E-state index is 0.380. The molecule has 6 nitrogen and oxygen atoms in total. The van der Waals surface area contributed by atoms with Gasteiger partial charge in [-0.25, -0.2) is 4.68 Å². The summed E-state index contributed by atoms with van der Waals surface area (Å²) in [6, 6.07) is 4.04. The molecular weight excluding hydrogens is 296 g/mol. The Bertz CT molecular complexity index is 734. The smallest absolute Gasteiger partial charge is 0.132 e. The molecule has 20 heavy (non-hydrogen) atoms. The number of rotatable bonds is 4. The van der Waals surface area contributed by atoms with Crippen LogP contribution in [0.5, 0.6) is 0 Å². The number of aromatic nitrogens is 5. The van der Waals surface area contributed by atoms with Gasteiger partial charge < -0.3 is 5.32 Å². The van der Waals surface area contributed by atoms with E-state index in [-0.39, 0.29) is 0 Å². The van der Waals surface area contributed by atoms with Crippen LogP contribution in [0.4, 0.5) is 0 Å². The number of nitrogens with zero attached hydrogens (tertiary/aromatic N) is 5. The van der Waals surface area contributed by atoms with Gasteiger partial charge in [-0.1, -0.05) is 30.7 Å². The van der Waals surface area contributed by atoms with E-state index in [1.54, 1.807) is 10.9 Å². The van der Waals surface area contributed by atoms with Crippen molar-refractivity contribution in [1.82, 2.24) is 29.1 Å². The van der Waals surface area contributed by atoms with Gasteiger partial charge >= 0.3 is 0 Å². The molecule has 0 aliphatic heterocycles. The van der Waals surface area contributed by atoms with Crippen LogP contribution < -0.4 is 5.32 Å². The van der Waals surface area contributed by atoms with E-state index in [1.807, 2.05) is 12.1 Å². The van der Waals surface area contributed by atoms with Gasteiger partial charge in [0.25, 0.3) is 0 Å². The first kappa shape index (κ1) is 13.4. The zero-order chi connectivity index (χ0) is 14.1. The van der Waals surface area contributed by atoms with Gasteiger partial charge in [-0.3, -0.25) is 0 Å². The summed E-state index contributed by atoms with van der Waals surface area (Å²) in [6.07, 6.45) is 1.73. The summed E-state index contributed by atoms with van der Waals surface area (Å²) in [5.74, 6) is 0. The molecule has 2 aromatic heterocycles. The first-order chi connectivity index (χ1) is 9.66. The lowest BCUT2D eigenvalue weighted by Gasteiger charge is -2.11. The van der Waals surface area contributed by atoms with Gasteiger partial charge in [0.15, 0.2) is 0 Å². The van der Waals surface area contributed by atoms with E-state index in [2.05, 4.69) is 38.2 Å². The molecule has 0 bridgehead atoms. The first-order valence-corrected chi connectivity index (χ1v) is 7.31. The molecule has 3 aromatic rings. The van der Waals surface area contributed by atoms with Crippen LogP contribution in [0.3, 0.4) is 0 Å². The summed E-state index contributed by atoms with van der Waals surface area (Å²) in [5, 5.41) is 12.0. The van der Waals surface area contributed by atoms with Crippen molar-refractivity contribution in [1.29, 1.82) is 0 Å². The minimum Gasteiger partial charge on any atom is -0.309 e. The maximum atomic E-state index is 6.31. The Hall–Kier alpha value is -1.57. The van der Waals surface area contributed by atoms with Crippen LogP contribution in [-0.4, -0.2) is 29.8 Å². The highest BCUT2D eigenvalue weighted by Crippen LogP contribution is 2.28. The number of hydrogen-bond acceptors (Lipinski definition) is 6. The zero-order valence-electron chi connectivity index (χ0n) is 11.0. The second-order valence-corrected chi connectivity index (χ2v) is 5.64. The predicted molar refractivity (Wildman–Crippen MR) is 79.3 cm³/mol. The molecule has 3 rings (SSSR count). The summed E-state index contributed by atoms with van der Waals surface area (Å²) in [5.41, 5.74) is 3.23. The zero-order valence-corrected chi connectivity index (χ0v) is 12.6. The van der Waals surface area contributed by atoms with E-state index in [1.165, 1.54) is 0 Å². The van der Waals surface area contributed by atoms with Gasteiger partial charge in [0.05, 0.1) is 28.6 Å². The van der Waals surface area contributed by atoms with Crippen molar-refractivity contribution in [3.8, 4) is 5.69 Å². The van der Waals surface area contributed by atoms with Crippen LogP contribution in [0.15, 0.2) is 18.3 Å². The second kappa shape index (κ2) is 5.43. The molecule has 8 heteroatoms. The number of nitrogens with one attached hydrogen (secondary N) is 1. The number of fused-ring (bicyclic) bond motifs is 1. The molecule has 1 N–H and O–H groups in total. The molecule has 0 unspecified atom stereocenters. The lowest BCUT2D eigenvalue weighted by Crippen LogP contribution is -2.23. The fraction of sp³-hybridized carbons (Fsp3) is 0.333. The van der Waals surface area contributed by atoms with Crippen molar-refractivity contribution in [3.05, 3.63) is 29.0 Å².